The maximum atomic E-state index is 12.7. The van der Waals surface area contributed by atoms with Crippen LogP contribution in [0.15, 0.2) is 0 Å². The first-order valence-electron chi connectivity index (χ1n) is 7.48. The van der Waals surface area contributed by atoms with Crippen molar-refractivity contribution in [2.24, 2.45) is 11.1 Å². The zero-order chi connectivity index (χ0) is 14.8. The van der Waals surface area contributed by atoms with Crippen LogP contribution in [0.3, 0.4) is 0 Å². The Labute approximate surface area is 130 Å². The van der Waals surface area contributed by atoms with Crippen molar-refractivity contribution in [2.45, 2.75) is 66.1 Å². The molecule has 120 valence electrons. The topological polar surface area (TPSA) is 49.6 Å². The Morgan fingerprint density at radius 3 is 2.10 bits per heavy atom. The highest BCUT2D eigenvalue weighted by atomic mass is 35.5. The van der Waals surface area contributed by atoms with Crippen molar-refractivity contribution in [1.29, 1.82) is 0 Å². The summed E-state index contributed by atoms with van der Waals surface area (Å²) in [5, 5.41) is 0. The number of rotatable bonds is 5. The van der Waals surface area contributed by atoms with E-state index in [1.807, 2.05) is 11.8 Å². The van der Waals surface area contributed by atoms with Gasteiger partial charge in [0, 0.05) is 18.6 Å². The van der Waals surface area contributed by atoms with Gasteiger partial charge in [0.05, 0.1) is 6.04 Å². The molecule has 0 radical (unpaired) electrons. The van der Waals surface area contributed by atoms with Crippen LogP contribution in [-0.4, -0.2) is 53.5 Å². The number of hydrogen-bond acceptors (Lipinski definition) is 3. The smallest absolute Gasteiger partial charge is 0.240 e. The van der Waals surface area contributed by atoms with Crippen LogP contribution >= 0.6 is 12.4 Å². The number of likely N-dealkylation sites (tertiary alicyclic amines) is 1. The first-order chi connectivity index (χ1) is 8.72. The first-order valence-corrected chi connectivity index (χ1v) is 7.48. The van der Waals surface area contributed by atoms with Crippen molar-refractivity contribution < 1.29 is 4.79 Å². The molecule has 0 saturated carbocycles. The van der Waals surface area contributed by atoms with Crippen molar-refractivity contribution in [1.82, 2.24) is 9.80 Å². The normalized spacial score (nSPS) is 24.9. The van der Waals surface area contributed by atoms with E-state index in [2.05, 4.69) is 39.5 Å². The van der Waals surface area contributed by atoms with Gasteiger partial charge in [0.2, 0.25) is 5.91 Å². The van der Waals surface area contributed by atoms with Crippen LogP contribution in [0.25, 0.3) is 0 Å². The number of carbonyl (C=O) groups is 1. The summed E-state index contributed by atoms with van der Waals surface area (Å²) in [6.07, 6.45) is 1.09. The fourth-order valence-corrected chi connectivity index (χ4v) is 3.04. The lowest BCUT2D eigenvalue weighted by molar-refractivity contribution is -0.139. The van der Waals surface area contributed by atoms with E-state index in [-0.39, 0.29) is 41.9 Å². The second-order valence-electron chi connectivity index (χ2n) is 6.84. The lowest BCUT2D eigenvalue weighted by Crippen LogP contribution is -2.51. The maximum Gasteiger partial charge on any atom is 0.240 e. The molecule has 2 N–H and O–H groups in total. The van der Waals surface area contributed by atoms with E-state index in [1.54, 1.807) is 0 Å². The lowest BCUT2D eigenvalue weighted by atomic mass is 9.90. The Morgan fingerprint density at radius 2 is 1.75 bits per heavy atom. The number of halogens is 1. The Kier molecular flexibility index (Phi) is 7.50. The van der Waals surface area contributed by atoms with Gasteiger partial charge in [-0.05, 0) is 59.5 Å². The molecule has 5 heteroatoms. The van der Waals surface area contributed by atoms with Crippen molar-refractivity contribution in [3.63, 3.8) is 0 Å². The van der Waals surface area contributed by atoms with E-state index in [4.69, 9.17) is 5.73 Å². The maximum absolute atomic E-state index is 12.7. The zero-order valence-electron chi connectivity index (χ0n) is 13.8. The van der Waals surface area contributed by atoms with Crippen LogP contribution in [-0.2, 0) is 4.79 Å². The van der Waals surface area contributed by atoms with Gasteiger partial charge in [-0.15, -0.1) is 12.4 Å². The Morgan fingerprint density at radius 1 is 1.25 bits per heavy atom. The molecule has 4 nitrogen and oxygen atoms in total. The van der Waals surface area contributed by atoms with Gasteiger partial charge in [-0.25, -0.2) is 0 Å². The SMILES string of the molecule is CC(C(=O)N(C(C)C)C(C)C)N1CCC(C)(CN)C1.Cl. The van der Waals surface area contributed by atoms with Gasteiger partial charge in [-0.3, -0.25) is 9.69 Å². The predicted molar refractivity (Wildman–Crippen MR) is 87.2 cm³/mol. The number of hydrogen-bond donors (Lipinski definition) is 1. The van der Waals surface area contributed by atoms with Crippen LogP contribution in [0, 0.1) is 5.41 Å². The summed E-state index contributed by atoms with van der Waals surface area (Å²) in [6, 6.07) is 0.454. The minimum atomic E-state index is -0.0434. The Hall–Kier alpha value is -0.320. The molecule has 0 aromatic rings. The fraction of sp³-hybridized carbons (Fsp3) is 0.933. The third-order valence-corrected chi connectivity index (χ3v) is 4.35. The van der Waals surface area contributed by atoms with Gasteiger partial charge in [-0.1, -0.05) is 6.92 Å². The first kappa shape index (κ1) is 19.7. The van der Waals surface area contributed by atoms with Crippen molar-refractivity contribution in [3.05, 3.63) is 0 Å². The van der Waals surface area contributed by atoms with Crippen molar-refractivity contribution in [2.75, 3.05) is 19.6 Å². The molecule has 1 aliphatic heterocycles. The third kappa shape index (κ3) is 4.34. The molecule has 20 heavy (non-hydrogen) atoms. The predicted octanol–water partition coefficient (Wildman–Crippen LogP) is 2.11. The van der Waals surface area contributed by atoms with Crippen LogP contribution in [0.2, 0.25) is 0 Å². The molecule has 1 amide bonds. The van der Waals surface area contributed by atoms with Crippen LogP contribution in [0.5, 0.6) is 0 Å². The number of nitrogens with two attached hydrogens (primary N) is 1. The minimum absolute atomic E-state index is 0. The molecule has 1 fully saturated rings. The highest BCUT2D eigenvalue weighted by molar-refractivity contribution is 5.85. The molecule has 2 atom stereocenters. The molecule has 1 rings (SSSR count). The molecule has 1 heterocycles. The second-order valence-corrected chi connectivity index (χ2v) is 6.84. The van der Waals surface area contributed by atoms with E-state index in [0.717, 1.165) is 19.5 Å². The highest BCUT2D eigenvalue weighted by Gasteiger charge is 2.38. The average Bonchev–Trinajstić information content (AvgIpc) is 2.70. The number of amides is 1. The molecule has 2 unspecified atom stereocenters. The van der Waals surface area contributed by atoms with Gasteiger partial charge in [0.25, 0.3) is 0 Å². The summed E-state index contributed by atoms with van der Waals surface area (Å²) in [7, 11) is 0. The van der Waals surface area contributed by atoms with E-state index in [0.29, 0.717) is 6.54 Å². The lowest BCUT2D eigenvalue weighted by Gasteiger charge is -2.36. The molecular formula is C15H32ClN3O. The average molecular weight is 306 g/mol. The largest absolute Gasteiger partial charge is 0.336 e. The number of nitrogens with zero attached hydrogens (tertiary/aromatic N) is 2. The Bertz CT molecular complexity index is 314. The molecular weight excluding hydrogens is 274 g/mol. The minimum Gasteiger partial charge on any atom is -0.336 e. The summed E-state index contributed by atoms with van der Waals surface area (Å²) < 4.78 is 0. The van der Waals surface area contributed by atoms with E-state index >= 15 is 0 Å². The Balaban J connectivity index is 0.00000361. The molecule has 1 aliphatic rings. The van der Waals surface area contributed by atoms with Gasteiger partial charge in [-0.2, -0.15) is 0 Å². The van der Waals surface area contributed by atoms with E-state index in [1.165, 1.54) is 0 Å². The molecule has 1 saturated heterocycles. The van der Waals surface area contributed by atoms with E-state index < -0.39 is 0 Å². The molecule has 0 aliphatic carbocycles. The van der Waals surface area contributed by atoms with Crippen LogP contribution < -0.4 is 5.73 Å². The molecule has 0 spiro atoms. The molecule has 0 aromatic heterocycles. The monoisotopic (exact) mass is 305 g/mol. The standard InChI is InChI=1S/C15H31N3O.ClH/c1-11(2)18(12(3)4)14(19)13(5)17-8-7-15(6,9-16)10-17;/h11-13H,7-10,16H2,1-6H3;1H. The van der Waals surface area contributed by atoms with E-state index in [9.17, 15) is 4.79 Å². The van der Waals surface area contributed by atoms with Gasteiger partial charge >= 0.3 is 0 Å². The second kappa shape index (κ2) is 7.62. The van der Waals surface area contributed by atoms with Crippen molar-refractivity contribution >= 4 is 18.3 Å². The fourth-order valence-electron chi connectivity index (χ4n) is 3.04. The van der Waals surface area contributed by atoms with Gasteiger partial charge in [0.1, 0.15) is 0 Å². The van der Waals surface area contributed by atoms with Gasteiger partial charge < -0.3 is 10.6 Å². The van der Waals surface area contributed by atoms with Gasteiger partial charge in [0.15, 0.2) is 0 Å². The quantitative estimate of drug-likeness (QED) is 0.846. The summed E-state index contributed by atoms with van der Waals surface area (Å²) in [4.78, 5) is 16.9. The third-order valence-electron chi connectivity index (χ3n) is 4.35. The molecule has 0 aromatic carbocycles. The number of carbonyl (C=O) groups excluding carboxylic acids is 1. The van der Waals surface area contributed by atoms with Crippen LogP contribution in [0.4, 0.5) is 0 Å². The van der Waals surface area contributed by atoms with Crippen molar-refractivity contribution in [3.8, 4) is 0 Å². The van der Waals surface area contributed by atoms with Crippen LogP contribution in [0.1, 0.15) is 48.0 Å². The summed E-state index contributed by atoms with van der Waals surface area (Å²) in [6.45, 7) is 15.2. The molecule has 0 bridgehead atoms. The summed E-state index contributed by atoms with van der Waals surface area (Å²) in [5.74, 6) is 0.242. The summed E-state index contributed by atoms with van der Waals surface area (Å²) >= 11 is 0. The summed E-state index contributed by atoms with van der Waals surface area (Å²) in [5.41, 5.74) is 6.02. The zero-order valence-corrected chi connectivity index (χ0v) is 14.7. The highest BCUT2D eigenvalue weighted by Crippen LogP contribution is 2.30.